The molecular weight excluding hydrogens is 278 g/mol. The number of anilines is 2. The van der Waals surface area contributed by atoms with Gasteiger partial charge in [0, 0.05) is 23.4 Å². The van der Waals surface area contributed by atoms with E-state index in [1.165, 1.54) is 11.1 Å². The molecule has 4 heteroatoms. The number of benzene rings is 1. The Morgan fingerprint density at radius 3 is 2.24 bits per heavy atom. The molecule has 0 aliphatic rings. The van der Waals surface area contributed by atoms with Crippen molar-refractivity contribution in [2.75, 3.05) is 5.32 Å². The maximum absolute atomic E-state index is 4.45. The second kappa shape index (κ2) is 4.53. The molecule has 0 spiro atoms. The molecule has 0 saturated carbocycles. The summed E-state index contributed by atoms with van der Waals surface area (Å²) in [5.74, 6) is 0.871. The summed E-state index contributed by atoms with van der Waals surface area (Å²) in [6, 6.07) is 4.20. The van der Waals surface area contributed by atoms with E-state index in [2.05, 4.69) is 52.2 Å². The molecule has 1 aromatic heterocycles. The van der Waals surface area contributed by atoms with Crippen molar-refractivity contribution in [3.63, 3.8) is 0 Å². The van der Waals surface area contributed by atoms with E-state index in [1.807, 2.05) is 24.7 Å². The summed E-state index contributed by atoms with van der Waals surface area (Å²) in [5, 5.41) is 3.39. The molecule has 0 atom stereocenters. The van der Waals surface area contributed by atoms with Crippen LogP contribution in [-0.2, 0) is 7.05 Å². The first kappa shape index (κ1) is 12.2. The molecule has 17 heavy (non-hydrogen) atoms. The van der Waals surface area contributed by atoms with E-state index in [0.29, 0.717) is 0 Å². The maximum Gasteiger partial charge on any atom is 0.207 e. The third kappa shape index (κ3) is 2.52. The molecule has 0 bridgehead atoms. The highest BCUT2D eigenvalue weighted by atomic mass is 79.9. The maximum atomic E-state index is 4.45. The SMILES string of the molecule is Cc1cn(C)c(Nc2c(C)cc(Br)cc2C)n1. The van der Waals surface area contributed by atoms with Gasteiger partial charge in [-0.25, -0.2) is 4.98 Å². The van der Waals surface area contributed by atoms with Crippen LogP contribution in [0.3, 0.4) is 0 Å². The van der Waals surface area contributed by atoms with E-state index in [1.54, 1.807) is 0 Å². The average Bonchev–Trinajstić information content (AvgIpc) is 2.51. The van der Waals surface area contributed by atoms with Crippen LogP contribution in [0.25, 0.3) is 0 Å². The Kier molecular flexibility index (Phi) is 3.24. The van der Waals surface area contributed by atoms with Crippen molar-refractivity contribution in [3.05, 3.63) is 39.6 Å². The summed E-state index contributed by atoms with van der Waals surface area (Å²) in [5.41, 5.74) is 4.55. The number of nitrogens with one attached hydrogen (secondary N) is 1. The van der Waals surface area contributed by atoms with Gasteiger partial charge in [-0.1, -0.05) is 15.9 Å². The lowest BCUT2D eigenvalue weighted by atomic mass is 10.1. The van der Waals surface area contributed by atoms with Gasteiger partial charge in [-0.15, -0.1) is 0 Å². The molecular formula is C13H16BrN3. The van der Waals surface area contributed by atoms with Crippen molar-refractivity contribution in [3.8, 4) is 0 Å². The number of nitrogens with zero attached hydrogens (tertiary/aromatic N) is 2. The van der Waals surface area contributed by atoms with Gasteiger partial charge in [0.1, 0.15) is 0 Å². The number of imidazole rings is 1. The minimum absolute atomic E-state index is 0.871. The third-order valence-electron chi connectivity index (χ3n) is 2.73. The Labute approximate surface area is 110 Å². The molecule has 0 aliphatic heterocycles. The fourth-order valence-electron chi connectivity index (χ4n) is 1.95. The molecule has 1 heterocycles. The first-order valence-corrected chi connectivity index (χ1v) is 6.30. The summed E-state index contributed by atoms with van der Waals surface area (Å²) in [6.45, 7) is 6.18. The van der Waals surface area contributed by atoms with Crippen molar-refractivity contribution in [2.24, 2.45) is 7.05 Å². The van der Waals surface area contributed by atoms with Gasteiger partial charge in [0.2, 0.25) is 5.95 Å². The quantitative estimate of drug-likeness (QED) is 0.911. The number of aromatic nitrogens is 2. The van der Waals surface area contributed by atoms with E-state index < -0.39 is 0 Å². The molecule has 2 rings (SSSR count). The zero-order valence-corrected chi connectivity index (χ0v) is 12.1. The molecule has 90 valence electrons. The first-order chi connectivity index (χ1) is 7.97. The predicted molar refractivity (Wildman–Crippen MR) is 74.8 cm³/mol. The number of rotatable bonds is 2. The second-order valence-electron chi connectivity index (χ2n) is 4.36. The fourth-order valence-corrected chi connectivity index (χ4v) is 2.64. The molecule has 0 amide bonds. The summed E-state index contributed by atoms with van der Waals surface area (Å²) < 4.78 is 3.10. The summed E-state index contributed by atoms with van der Waals surface area (Å²) in [6.07, 6.45) is 2.01. The molecule has 0 radical (unpaired) electrons. The predicted octanol–water partition coefficient (Wildman–Crippen LogP) is 3.85. The van der Waals surface area contributed by atoms with E-state index in [-0.39, 0.29) is 0 Å². The Morgan fingerprint density at radius 1 is 1.18 bits per heavy atom. The number of hydrogen-bond donors (Lipinski definition) is 1. The van der Waals surface area contributed by atoms with Crippen LogP contribution in [0.5, 0.6) is 0 Å². The van der Waals surface area contributed by atoms with Crippen LogP contribution in [0, 0.1) is 20.8 Å². The zero-order valence-electron chi connectivity index (χ0n) is 10.5. The standard InChI is InChI=1S/C13H16BrN3/c1-8-5-11(14)6-9(2)12(8)16-13-15-10(3)7-17(13)4/h5-7H,1-4H3,(H,15,16). The van der Waals surface area contributed by atoms with Crippen LogP contribution in [0.1, 0.15) is 16.8 Å². The average molecular weight is 294 g/mol. The lowest BCUT2D eigenvalue weighted by Gasteiger charge is -2.12. The molecule has 0 aliphatic carbocycles. The van der Waals surface area contributed by atoms with Crippen LogP contribution < -0.4 is 5.32 Å². The Hall–Kier alpha value is -1.29. The summed E-state index contributed by atoms with van der Waals surface area (Å²) in [4.78, 5) is 4.45. The highest BCUT2D eigenvalue weighted by Gasteiger charge is 2.08. The van der Waals surface area contributed by atoms with Crippen LogP contribution >= 0.6 is 15.9 Å². The summed E-state index contributed by atoms with van der Waals surface area (Å²) >= 11 is 3.50. The second-order valence-corrected chi connectivity index (χ2v) is 5.27. The molecule has 2 aromatic rings. The van der Waals surface area contributed by atoms with Crippen LogP contribution in [0.4, 0.5) is 11.6 Å². The van der Waals surface area contributed by atoms with E-state index in [4.69, 9.17) is 0 Å². The first-order valence-electron chi connectivity index (χ1n) is 5.51. The summed E-state index contributed by atoms with van der Waals surface area (Å²) in [7, 11) is 1.99. The zero-order chi connectivity index (χ0) is 12.6. The van der Waals surface area contributed by atoms with Gasteiger partial charge < -0.3 is 9.88 Å². The molecule has 0 fully saturated rings. The number of aryl methyl sites for hydroxylation is 4. The lowest BCUT2D eigenvalue weighted by Crippen LogP contribution is -2.02. The number of hydrogen-bond acceptors (Lipinski definition) is 2. The third-order valence-corrected chi connectivity index (χ3v) is 3.19. The van der Waals surface area contributed by atoms with E-state index in [0.717, 1.165) is 21.8 Å². The van der Waals surface area contributed by atoms with Crippen molar-refractivity contribution in [1.29, 1.82) is 0 Å². The Balaban J connectivity index is 2.39. The smallest absolute Gasteiger partial charge is 0.207 e. The fraction of sp³-hybridized carbons (Fsp3) is 0.308. The molecule has 1 aromatic carbocycles. The van der Waals surface area contributed by atoms with Gasteiger partial charge in [-0.05, 0) is 44.0 Å². The molecule has 0 unspecified atom stereocenters. The highest BCUT2D eigenvalue weighted by molar-refractivity contribution is 9.10. The lowest BCUT2D eigenvalue weighted by molar-refractivity contribution is 0.922. The minimum atomic E-state index is 0.871. The Bertz CT molecular complexity index is 535. The molecule has 3 nitrogen and oxygen atoms in total. The van der Waals surface area contributed by atoms with Gasteiger partial charge in [0.05, 0.1) is 5.69 Å². The number of halogens is 1. The van der Waals surface area contributed by atoms with E-state index >= 15 is 0 Å². The van der Waals surface area contributed by atoms with Gasteiger partial charge in [-0.2, -0.15) is 0 Å². The topological polar surface area (TPSA) is 29.9 Å². The van der Waals surface area contributed by atoms with Crippen LogP contribution in [-0.4, -0.2) is 9.55 Å². The van der Waals surface area contributed by atoms with Crippen molar-refractivity contribution in [2.45, 2.75) is 20.8 Å². The highest BCUT2D eigenvalue weighted by Crippen LogP contribution is 2.27. The Morgan fingerprint density at radius 2 is 1.76 bits per heavy atom. The van der Waals surface area contributed by atoms with E-state index in [9.17, 15) is 0 Å². The van der Waals surface area contributed by atoms with Crippen molar-refractivity contribution in [1.82, 2.24) is 9.55 Å². The van der Waals surface area contributed by atoms with Crippen LogP contribution in [0.2, 0.25) is 0 Å². The normalized spacial score (nSPS) is 10.6. The largest absolute Gasteiger partial charge is 0.325 e. The molecule has 0 saturated heterocycles. The van der Waals surface area contributed by atoms with Gasteiger partial charge in [-0.3, -0.25) is 0 Å². The monoisotopic (exact) mass is 293 g/mol. The van der Waals surface area contributed by atoms with Gasteiger partial charge >= 0.3 is 0 Å². The van der Waals surface area contributed by atoms with Crippen LogP contribution in [0.15, 0.2) is 22.8 Å². The van der Waals surface area contributed by atoms with Crippen molar-refractivity contribution < 1.29 is 0 Å². The van der Waals surface area contributed by atoms with Gasteiger partial charge in [0.15, 0.2) is 0 Å². The van der Waals surface area contributed by atoms with Gasteiger partial charge in [0.25, 0.3) is 0 Å². The minimum Gasteiger partial charge on any atom is -0.325 e. The van der Waals surface area contributed by atoms with Crippen molar-refractivity contribution >= 4 is 27.6 Å². The molecule has 1 N–H and O–H groups in total.